The van der Waals surface area contributed by atoms with Gasteiger partial charge in [0.05, 0.1) is 11.9 Å². The monoisotopic (exact) mass is 374 g/mol. The first-order valence-electron chi connectivity index (χ1n) is 6.80. The van der Waals surface area contributed by atoms with Gasteiger partial charge in [0.25, 0.3) is 0 Å². The number of amides is 1. The van der Waals surface area contributed by atoms with E-state index in [1.54, 1.807) is 12.1 Å². The first kappa shape index (κ1) is 16.3. The van der Waals surface area contributed by atoms with Gasteiger partial charge in [0, 0.05) is 23.5 Å². The van der Waals surface area contributed by atoms with E-state index >= 15 is 0 Å². The molecule has 7 heteroatoms. The minimum atomic E-state index is -3.42. The summed E-state index contributed by atoms with van der Waals surface area (Å²) in [7, 11) is -3.42. The summed E-state index contributed by atoms with van der Waals surface area (Å²) in [5.41, 5.74) is 1.53. The van der Waals surface area contributed by atoms with E-state index in [0.717, 1.165) is 29.1 Å². The predicted molar refractivity (Wildman–Crippen MR) is 86.9 cm³/mol. The molecule has 2 rings (SSSR count). The number of benzene rings is 1. The van der Waals surface area contributed by atoms with Gasteiger partial charge in [-0.3, -0.25) is 9.10 Å². The number of anilines is 1. The van der Waals surface area contributed by atoms with Crippen LogP contribution in [-0.4, -0.2) is 33.2 Å². The van der Waals surface area contributed by atoms with Gasteiger partial charge in [0.1, 0.15) is 0 Å². The highest BCUT2D eigenvalue weighted by Crippen LogP contribution is 2.25. The molecule has 0 aliphatic heterocycles. The fraction of sp³-hybridized carbons (Fsp3) is 0.500. The summed E-state index contributed by atoms with van der Waals surface area (Å²) in [5.74, 6) is -0.0972. The molecule has 0 aromatic heterocycles. The van der Waals surface area contributed by atoms with Gasteiger partial charge >= 0.3 is 0 Å². The Morgan fingerprint density at radius 2 is 2.10 bits per heavy atom. The Morgan fingerprint density at radius 3 is 2.62 bits per heavy atom. The van der Waals surface area contributed by atoms with Crippen molar-refractivity contribution in [2.24, 2.45) is 0 Å². The quantitative estimate of drug-likeness (QED) is 0.829. The highest BCUT2D eigenvalue weighted by Gasteiger charge is 2.24. The number of nitrogens with zero attached hydrogens (tertiary/aromatic N) is 1. The van der Waals surface area contributed by atoms with Gasteiger partial charge in [-0.25, -0.2) is 8.42 Å². The topological polar surface area (TPSA) is 66.5 Å². The van der Waals surface area contributed by atoms with Crippen molar-refractivity contribution in [2.75, 3.05) is 17.1 Å². The molecule has 0 atom stereocenters. The molecule has 5 nitrogen and oxygen atoms in total. The Labute approximate surface area is 133 Å². The molecule has 1 aliphatic rings. The van der Waals surface area contributed by atoms with Gasteiger partial charge in [-0.1, -0.05) is 15.9 Å². The summed E-state index contributed by atoms with van der Waals surface area (Å²) in [5, 5.41) is 2.86. The van der Waals surface area contributed by atoms with Crippen LogP contribution in [0.3, 0.4) is 0 Å². The van der Waals surface area contributed by atoms with Crippen molar-refractivity contribution in [3.8, 4) is 0 Å². The van der Waals surface area contributed by atoms with Gasteiger partial charge in [0.15, 0.2) is 0 Å². The molecule has 1 fully saturated rings. The van der Waals surface area contributed by atoms with E-state index in [1.807, 2.05) is 13.0 Å². The lowest BCUT2D eigenvalue weighted by Crippen LogP contribution is -2.35. The number of nitrogens with one attached hydrogen (secondary N) is 1. The summed E-state index contributed by atoms with van der Waals surface area (Å²) in [6.07, 6.45) is 3.36. The van der Waals surface area contributed by atoms with Gasteiger partial charge < -0.3 is 5.32 Å². The molecule has 1 aromatic rings. The van der Waals surface area contributed by atoms with Crippen molar-refractivity contribution in [1.82, 2.24) is 5.32 Å². The molecule has 1 amide bonds. The summed E-state index contributed by atoms with van der Waals surface area (Å²) in [4.78, 5) is 11.7. The third-order valence-electron chi connectivity index (χ3n) is 3.31. The zero-order chi connectivity index (χ0) is 15.6. The van der Waals surface area contributed by atoms with Crippen LogP contribution in [0.25, 0.3) is 0 Å². The minimum absolute atomic E-state index is 0.0972. The number of carbonyl (C=O) groups is 1. The SMILES string of the molecule is Cc1cc(N(CCC(=O)NC2CC2)S(C)(=O)=O)ccc1Br. The highest BCUT2D eigenvalue weighted by atomic mass is 79.9. The molecule has 116 valence electrons. The summed E-state index contributed by atoms with van der Waals surface area (Å²) in [6.45, 7) is 2.05. The van der Waals surface area contributed by atoms with Crippen LogP contribution in [0.5, 0.6) is 0 Å². The summed E-state index contributed by atoms with van der Waals surface area (Å²) >= 11 is 3.39. The van der Waals surface area contributed by atoms with Crippen LogP contribution in [0.4, 0.5) is 5.69 Å². The zero-order valence-electron chi connectivity index (χ0n) is 12.1. The number of halogens is 1. The van der Waals surface area contributed by atoms with Gasteiger partial charge in [-0.2, -0.15) is 0 Å². The Balaban J connectivity index is 2.10. The van der Waals surface area contributed by atoms with Crippen molar-refractivity contribution in [2.45, 2.75) is 32.2 Å². The van der Waals surface area contributed by atoms with Crippen LogP contribution in [0.15, 0.2) is 22.7 Å². The van der Waals surface area contributed by atoms with E-state index in [-0.39, 0.29) is 18.9 Å². The standard InChI is InChI=1S/C14H19BrN2O3S/c1-10-9-12(5-6-13(10)15)17(21(2,19)20)8-7-14(18)16-11-3-4-11/h5-6,9,11H,3-4,7-8H2,1-2H3,(H,16,18). The molecule has 0 bridgehead atoms. The lowest BCUT2D eigenvalue weighted by molar-refractivity contribution is -0.121. The average molecular weight is 375 g/mol. The third kappa shape index (κ3) is 4.71. The number of rotatable bonds is 6. The second-order valence-electron chi connectivity index (χ2n) is 5.36. The van der Waals surface area contributed by atoms with E-state index in [2.05, 4.69) is 21.2 Å². The van der Waals surface area contributed by atoms with Crippen LogP contribution in [0, 0.1) is 6.92 Å². The van der Waals surface area contributed by atoms with Crippen molar-refractivity contribution < 1.29 is 13.2 Å². The van der Waals surface area contributed by atoms with Crippen molar-refractivity contribution in [3.63, 3.8) is 0 Å². The largest absolute Gasteiger partial charge is 0.353 e. The Hall–Kier alpha value is -1.08. The van der Waals surface area contributed by atoms with Crippen LogP contribution in [-0.2, 0) is 14.8 Å². The number of sulfonamides is 1. The fourth-order valence-electron chi connectivity index (χ4n) is 2.00. The van der Waals surface area contributed by atoms with Gasteiger partial charge in [-0.15, -0.1) is 0 Å². The lowest BCUT2D eigenvalue weighted by atomic mass is 10.2. The number of aryl methyl sites for hydroxylation is 1. The molecular weight excluding hydrogens is 356 g/mol. The summed E-state index contributed by atoms with van der Waals surface area (Å²) < 4.78 is 26.1. The molecule has 0 heterocycles. The molecule has 0 unspecified atom stereocenters. The molecule has 1 aromatic carbocycles. The number of hydrogen-bond donors (Lipinski definition) is 1. The molecule has 0 spiro atoms. The molecule has 0 radical (unpaired) electrons. The first-order valence-corrected chi connectivity index (χ1v) is 9.45. The third-order valence-corrected chi connectivity index (χ3v) is 5.40. The fourth-order valence-corrected chi connectivity index (χ4v) is 3.17. The minimum Gasteiger partial charge on any atom is -0.353 e. The predicted octanol–water partition coefficient (Wildman–Crippen LogP) is 2.19. The van der Waals surface area contributed by atoms with Crippen LogP contribution < -0.4 is 9.62 Å². The maximum absolute atomic E-state index is 12.0. The summed E-state index contributed by atoms with van der Waals surface area (Å²) in [6, 6.07) is 5.63. The van der Waals surface area contributed by atoms with Crippen LogP contribution in [0.1, 0.15) is 24.8 Å². The van der Waals surface area contributed by atoms with Crippen LogP contribution in [0.2, 0.25) is 0 Å². The van der Waals surface area contributed by atoms with Crippen molar-refractivity contribution in [3.05, 3.63) is 28.2 Å². The smallest absolute Gasteiger partial charge is 0.232 e. The highest BCUT2D eigenvalue weighted by molar-refractivity contribution is 9.10. The average Bonchev–Trinajstić information content (AvgIpc) is 3.16. The van der Waals surface area contributed by atoms with E-state index in [4.69, 9.17) is 0 Å². The maximum Gasteiger partial charge on any atom is 0.232 e. The number of hydrogen-bond acceptors (Lipinski definition) is 3. The molecule has 21 heavy (non-hydrogen) atoms. The normalized spacial score (nSPS) is 14.8. The van der Waals surface area contributed by atoms with E-state index < -0.39 is 10.0 Å². The van der Waals surface area contributed by atoms with E-state index in [9.17, 15) is 13.2 Å². The Morgan fingerprint density at radius 1 is 1.43 bits per heavy atom. The maximum atomic E-state index is 12.0. The Bertz CT molecular complexity index is 642. The van der Waals surface area contributed by atoms with Gasteiger partial charge in [-0.05, 0) is 43.5 Å². The number of carbonyl (C=O) groups excluding carboxylic acids is 1. The second-order valence-corrected chi connectivity index (χ2v) is 8.12. The van der Waals surface area contributed by atoms with Gasteiger partial charge in [0.2, 0.25) is 15.9 Å². The van der Waals surface area contributed by atoms with E-state index in [0.29, 0.717) is 11.7 Å². The zero-order valence-corrected chi connectivity index (χ0v) is 14.5. The molecule has 1 N–H and O–H groups in total. The lowest BCUT2D eigenvalue weighted by Gasteiger charge is -2.22. The Kier molecular flexibility index (Phi) is 4.93. The van der Waals surface area contributed by atoms with Crippen molar-refractivity contribution in [1.29, 1.82) is 0 Å². The molecule has 1 aliphatic carbocycles. The molecule has 1 saturated carbocycles. The second kappa shape index (κ2) is 6.36. The van der Waals surface area contributed by atoms with Crippen LogP contribution >= 0.6 is 15.9 Å². The molecule has 0 saturated heterocycles. The van der Waals surface area contributed by atoms with Crippen molar-refractivity contribution >= 4 is 37.5 Å². The first-order chi connectivity index (χ1) is 9.77. The van der Waals surface area contributed by atoms with E-state index in [1.165, 1.54) is 4.31 Å². The molecular formula is C14H19BrN2O3S.